The first kappa shape index (κ1) is 12.5. The summed E-state index contributed by atoms with van der Waals surface area (Å²) in [5.74, 6) is -0.878. The highest BCUT2D eigenvalue weighted by Gasteiger charge is 2.14. The summed E-state index contributed by atoms with van der Waals surface area (Å²) in [5.41, 5.74) is 6.09. The van der Waals surface area contributed by atoms with Crippen LogP contribution in [0.4, 0.5) is 4.39 Å². The van der Waals surface area contributed by atoms with Crippen molar-refractivity contribution in [3.63, 3.8) is 0 Å². The zero-order valence-electron chi connectivity index (χ0n) is 8.85. The normalized spacial score (nSPS) is 11.8. The highest BCUT2D eigenvalue weighted by Crippen LogP contribution is 2.27. The van der Waals surface area contributed by atoms with Gasteiger partial charge in [-0.25, -0.2) is 4.39 Å². The quantitative estimate of drug-likeness (QED) is 0.891. The molecule has 0 amide bonds. The molecule has 15 heavy (non-hydrogen) atoms. The van der Waals surface area contributed by atoms with Crippen LogP contribution in [0.2, 0.25) is 0 Å². The number of nitrogens with two attached hydrogens (primary N) is 1. The summed E-state index contributed by atoms with van der Waals surface area (Å²) in [6, 6.07) is 2.95. The smallest absolute Gasteiger partial charge is 0.166 e. The average Bonchev–Trinajstić information content (AvgIpc) is 2.07. The van der Waals surface area contributed by atoms with Crippen molar-refractivity contribution in [1.82, 2.24) is 0 Å². The van der Waals surface area contributed by atoms with Crippen LogP contribution in [0.15, 0.2) is 16.6 Å². The van der Waals surface area contributed by atoms with Crippen LogP contribution in [-0.4, -0.2) is 10.6 Å². The molecule has 0 atom stereocenters. The Kier molecular flexibility index (Phi) is 3.73. The number of benzene rings is 1. The Labute approximate surface area is 97.4 Å². The van der Waals surface area contributed by atoms with E-state index in [-0.39, 0.29) is 11.3 Å². The number of hydrogen-bond acceptors (Lipinski definition) is 2. The van der Waals surface area contributed by atoms with Crippen molar-refractivity contribution in [2.75, 3.05) is 0 Å². The van der Waals surface area contributed by atoms with Gasteiger partial charge in [-0.05, 0) is 44.4 Å². The first-order valence-corrected chi connectivity index (χ1v) is 5.55. The maximum Gasteiger partial charge on any atom is 0.166 e. The van der Waals surface area contributed by atoms with Gasteiger partial charge in [0.2, 0.25) is 0 Å². The Balaban J connectivity index is 2.86. The third-order valence-corrected chi connectivity index (χ3v) is 2.60. The summed E-state index contributed by atoms with van der Waals surface area (Å²) in [6.07, 6.45) is 1.25. The molecule has 0 bridgehead atoms. The number of hydrogen-bond donors (Lipinski definition) is 2. The molecule has 0 fully saturated rings. The van der Waals surface area contributed by atoms with Gasteiger partial charge in [0.05, 0.1) is 0 Å². The second kappa shape index (κ2) is 4.49. The van der Waals surface area contributed by atoms with E-state index in [4.69, 9.17) is 5.73 Å². The van der Waals surface area contributed by atoms with Gasteiger partial charge in [0.1, 0.15) is 0 Å². The van der Waals surface area contributed by atoms with Gasteiger partial charge in [-0.15, -0.1) is 0 Å². The number of rotatable bonds is 3. The highest BCUT2D eigenvalue weighted by atomic mass is 79.9. The standard InChI is InChI=1S/C11H15BrFNO/c1-11(2,14)4-3-7-5-8(12)6-9(13)10(7)15/h5-6,15H,3-4,14H2,1-2H3. The van der Waals surface area contributed by atoms with E-state index in [0.717, 1.165) is 0 Å². The predicted molar refractivity (Wildman–Crippen MR) is 62.4 cm³/mol. The van der Waals surface area contributed by atoms with Crippen LogP contribution in [-0.2, 0) is 6.42 Å². The van der Waals surface area contributed by atoms with Gasteiger partial charge >= 0.3 is 0 Å². The third kappa shape index (κ3) is 3.80. The number of aromatic hydroxyl groups is 1. The third-order valence-electron chi connectivity index (χ3n) is 2.15. The molecule has 1 rings (SSSR count). The molecule has 84 valence electrons. The van der Waals surface area contributed by atoms with E-state index in [0.29, 0.717) is 22.9 Å². The largest absolute Gasteiger partial charge is 0.505 e. The lowest BCUT2D eigenvalue weighted by Crippen LogP contribution is -2.32. The molecule has 0 radical (unpaired) electrons. The zero-order chi connectivity index (χ0) is 11.6. The number of halogens is 2. The van der Waals surface area contributed by atoms with Crippen LogP contribution in [0.1, 0.15) is 25.8 Å². The van der Waals surface area contributed by atoms with E-state index in [1.54, 1.807) is 6.07 Å². The zero-order valence-corrected chi connectivity index (χ0v) is 10.4. The summed E-state index contributed by atoms with van der Waals surface area (Å²) in [6.45, 7) is 3.80. The van der Waals surface area contributed by atoms with E-state index in [9.17, 15) is 9.50 Å². The van der Waals surface area contributed by atoms with Crippen molar-refractivity contribution in [2.45, 2.75) is 32.2 Å². The van der Waals surface area contributed by atoms with Crippen molar-refractivity contribution in [3.05, 3.63) is 28.0 Å². The van der Waals surface area contributed by atoms with Crippen LogP contribution in [0.5, 0.6) is 5.75 Å². The van der Waals surface area contributed by atoms with E-state index < -0.39 is 5.82 Å². The monoisotopic (exact) mass is 275 g/mol. The molecule has 0 unspecified atom stereocenters. The van der Waals surface area contributed by atoms with Crippen molar-refractivity contribution in [3.8, 4) is 5.75 Å². The Bertz CT molecular complexity index is 360. The molecule has 1 aromatic carbocycles. The van der Waals surface area contributed by atoms with E-state index in [1.165, 1.54) is 6.07 Å². The summed E-state index contributed by atoms with van der Waals surface area (Å²) >= 11 is 3.19. The topological polar surface area (TPSA) is 46.2 Å². The first-order valence-electron chi connectivity index (χ1n) is 4.75. The summed E-state index contributed by atoms with van der Waals surface area (Å²) in [5, 5.41) is 9.48. The van der Waals surface area contributed by atoms with Gasteiger partial charge in [-0.1, -0.05) is 15.9 Å². The maximum atomic E-state index is 13.1. The van der Waals surface area contributed by atoms with Crippen LogP contribution < -0.4 is 5.73 Å². The van der Waals surface area contributed by atoms with Crippen LogP contribution in [0, 0.1) is 5.82 Å². The van der Waals surface area contributed by atoms with Crippen molar-refractivity contribution >= 4 is 15.9 Å². The fourth-order valence-electron chi connectivity index (χ4n) is 1.27. The molecule has 0 aromatic heterocycles. The second-order valence-corrected chi connectivity index (χ2v) is 5.30. The van der Waals surface area contributed by atoms with Crippen molar-refractivity contribution in [2.24, 2.45) is 5.73 Å². The van der Waals surface area contributed by atoms with E-state index in [2.05, 4.69) is 15.9 Å². The summed E-state index contributed by atoms with van der Waals surface area (Å²) in [4.78, 5) is 0. The molecule has 0 heterocycles. The summed E-state index contributed by atoms with van der Waals surface area (Å²) < 4.78 is 13.8. The molecule has 0 aliphatic rings. The molecule has 1 aromatic rings. The number of phenols is 1. The van der Waals surface area contributed by atoms with Gasteiger partial charge in [0.25, 0.3) is 0 Å². The molecular weight excluding hydrogens is 261 g/mol. The minimum atomic E-state index is -0.603. The lowest BCUT2D eigenvalue weighted by molar-refractivity contribution is 0.417. The fourth-order valence-corrected chi connectivity index (χ4v) is 1.74. The summed E-state index contributed by atoms with van der Waals surface area (Å²) in [7, 11) is 0. The molecule has 0 aliphatic carbocycles. The fraction of sp³-hybridized carbons (Fsp3) is 0.455. The SMILES string of the molecule is CC(C)(N)CCc1cc(Br)cc(F)c1O. The van der Waals surface area contributed by atoms with Crippen LogP contribution >= 0.6 is 15.9 Å². The Morgan fingerprint density at radius 3 is 2.60 bits per heavy atom. The molecule has 0 aliphatic heterocycles. The van der Waals surface area contributed by atoms with E-state index in [1.807, 2.05) is 13.8 Å². The molecule has 3 N–H and O–H groups in total. The van der Waals surface area contributed by atoms with Crippen molar-refractivity contribution in [1.29, 1.82) is 0 Å². The molecule has 2 nitrogen and oxygen atoms in total. The highest BCUT2D eigenvalue weighted by molar-refractivity contribution is 9.10. The average molecular weight is 276 g/mol. The molecule has 0 saturated heterocycles. The molecule has 0 saturated carbocycles. The van der Waals surface area contributed by atoms with Crippen molar-refractivity contribution < 1.29 is 9.50 Å². The Morgan fingerprint density at radius 2 is 2.07 bits per heavy atom. The molecular formula is C11H15BrFNO. The maximum absolute atomic E-state index is 13.1. The van der Waals surface area contributed by atoms with Gasteiger partial charge in [-0.2, -0.15) is 0 Å². The van der Waals surface area contributed by atoms with E-state index >= 15 is 0 Å². The molecule has 0 spiro atoms. The van der Waals surface area contributed by atoms with Gasteiger partial charge < -0.3 is 10.8 Å². The number of aryl methyl sites for hydroxylation is 1. The van der Waals surface area contributed by atoms with Gasteiger partial charge in [-0.3, -0.25) is 0 Å². The minimum Gasteiger partial charge on any atom is -0.505 e. The second-order valence-electron chi connectivity index (χ2n) is 4.38. The lowest BCUT2D eigenvalue weighted by Gasteiger charge is -2.18. The van der Waals surface area contributed by atoms with Gasteiger partial charge in [0.15, 0.2) is 11.6 Å². The van der Waals surface area contributed by atoms with Gasteiger partial charge in [0, 0.05) is 10.0 Å². The minimum absolute atomic E-state index is 0.276. The Hall–Kier alpha value is -0.610. The first-order chi connectivity index (χ1) is 6.79. The Morgan fingerprint density at radius 1 is 1.47 bits per heavy atom. The molecule has 4 heteroatoms. The lowest BCUT2D eigenvalue weighted by atomic mass is 9.96. The van der Waals surface area contributed by atoms with Crippen LogP contribution in [0.25, 0.3) is 0 Å². The predicted octanol–water partition coefficient (Wildman–Crippen LogP) is 2.96. The number of phenolic OH excluding ortho intramolecular Hbond substituents is 1. The van der Waals surface area contributed by atoms with Crippen LogP contribution in [0.3, 0.4) is 0 Å².